The fourth-order valence-corrected chi connectivity index (χ4v) is 5.00. The van der Waals surface area contributed by atoms with E-state index in [0.29, 0.717) is 18.4 Å². The number of benzene rings is 1. The van der Waals surface area contributed by atoms with Crippen LogP contribution in [-0.2, 0) is 4.79 Å². The van der Waals surface area contributed by atoms with E-state index in [-0.39, 0.29) is 17.0 Å². The van der Waals surface area contributed by atoms with Gasteiger partial charge in [-0.1, -0.05) is 17.9 Å². The van der Waals surface area contributed by atoms with Gasteiger partial charge in [-0.05, 0) is 74.1 Å². The maximum Gasteiger partial charge on any atom is 0.167 e. The highest BCUT2D eigenvalue weighted by Gasteiger charge is 2.42. The van der Waals surface area contributed by atoms with E-state index in [1.807, 2.05) is 32.9 Å². The van der Waals surface area contributed by atoms with Crippen LogP contribution in [0.1, 0.15) is 54.9 Å². The van der Waals surface area contributed by atoms with Gasteiger partial charge in [-0.3, -0.25) is 9.10 Å². The fourth-order valence-electron chi connectivity index (χ4n) is 4.45. The molecule has 3 rings (SSSR count). The van der Waals surface area contributed by atoms with Crippen LogP contribution in [0.4, 0.5) is 0 Å². The van der Waals surface area contributed by atoms with Gasteiger partial charge in [0, 0.05) is 31.5 Å². The Morgan fingerprint density at radius 2 is 1.77 bits per heavy atom. The van der Waals surface area contributed by atoms with Crippen LogP contribution in [0.2, 0.25) is 0 Å². The van der Waals surface area contributed by atoms with E-state index in [1.165, 1.54) is 0 Å². The SMILES string of the molecule is CC#Cc1cc(C)c(C2=C(O)CC3(CCN(SC)CC3)CC2=O)c(C)c1. The molecule has 1 aliphatic carbocycles. The molecule has 0 aromatic heterocycles. The first-order valence-electron chi connectivity index (χ1n) is 9.18. The lowest BCUT2D eigenvalue weighted by atomic mass is 9.67. The summed E-state index contributed by atoms with van der Waals surface area (Å²) in [6, 6.07) is 4.02. The highest BCUT2D eigenvalue weighted by molar-refractivity contribution is 7.96. The third-order valence-electron chi connectivity index (χ3n) is 5.74. The number of piperidine rings is 1. The monoisotopic (exact) mass is 369 g/mol. The van der Waals surface area contributed by atoms with Crippen LogP contribution in [0.5, 0.6) is 0 Å². The molecule has 1 heterocycles. The van der Waals surface area contributed by atoms with Gasteiger partial charge in [-0.2, -0.15) is 0 Å². The van der Waals surface area contributed by atoms with Crippen molar-refractivity contribution in [1.82, 2.24) is 4.31 Å². The van der Waals surface area contributed by atoms with Crippen LogP contribution in [0, 0.1) is 31.1 Å². The summed E-state index contributed by atoms with van der Waals surface area (Å²) >= 11 is 1.76. The molecule has 0 amide bonds. The Hall–Kier alpha value is -1.70. The third kappa shape index (κ3) is 3.56. The van der Waals surface area contributed by atoms with Crippen LogP contribution >= 0.6 is 11.9 Å². The normalized spacial score (nSPS) is 20.2. The topological polar surface area (TPSA) is 40.5 Å². The number of ketones is 1. The maximum absolute atomic E-state index is 13.1. The van der Waals surface area contributed by atoms with Gasteiger partial charge >= 0.3 is 0 Å². The Morgan fingerprint density at radius 3 is 2.27 bits per heavy atom. The summed E-state index contributed by atoms with van der Waals surface area (Å²) in [5.74, 6) is 6.36. The molecule has 1 saturated heterocycles. The molecule has 0 radical (unpaired) electrons. The molecule has 1 fully saturated rings. The lowest BCUT2D eigenvalue weighted by Gasteiger charge is -2.43. The average Bonchev–Trinajstić information content (AvgIpc) is 2.58. The molecule has 1 aliphatic heterocycles. The minimum Gasteiger partial charge on any atom is -0.512 e. The molecule has 4 heteroatoms. The maximum atomic E-state index is 13.1. The minimum atomic E-state index is -0.0632. The summed E-state index contributed by atoms with van der Waals surface area (Å²) < 4.78 is 2.34. The summed E-state index contributed by atoms with van der Waals surface area (Å²) in [6.45, 7) is 7.79. The van der Waals surface area contributed by atoms with Gasteiger partial charge in [-0.15, -0.1) is 5.92 Å². The van der Waals surface area contributed by atoms with Crippen LogP contribution in [0.15, 0.2) is 17.9 Å². The molecule has 26 heavy (non-hydrogen) atoms. The minimum absolute atomic E-state index is 0.0632. The van der Waals surface area contributed by atoms with Crippen LogP contribution in [0.3, 0.4) is 0 Å². The molecule has 0 atom stereocenters. The van der Waals surface area contributed by atoms with Gasteiger partial charge in [-0.25, -0.2) is 0 Å². The van der Waals surface area contributed by atoms with Crippen molar-refractivity contribution in [1.29, 1.82) is 0 Å². The second-order valence-electron chi connectivity index (χ2n) is 7.57. The highest BCUT2D eigenvalue weighted by atomic mass is 32.2. The molecule has 1 aromatic rings. The van der Waals surface area contributed by atoms with E-state index in [9.17, 15) is 9.90 Å². The zero-order chi connectivity index (χ0) is 18.9. The number of carbonyl (C=O) groups excluding carboxylic acids is 1. The van der Waals surface area contributed by atoms with Crippen molar-refractivity contribution in [2.24, 2.45) is 5.41 Å². The number of aryl methyl sites for hydroxylation is 2. The van der Waals surface area contributed by atoms with Gasteiger partial charge in [0.25, 0.3) is 0 Å². The number of hydrogen-bond acceptors (Lipinski definition) is 4. The number of rotatable bonds is 2. The smallest absolute Gasteiger partial charge is 0.167 e. The summed E-state index contributed by atoms with van der Waals surface area (Å²) in [5.41, 5.74) is 4.33. The van der Waals surface area contributed by atoms with Crippen molar-refractivity contribution >= 4 is 23.3 Å². The molecular weight excluding hydrogens is 342 g/mol. The first-order valence-corrected chi connectivity index (χ1v) is 10.4. The molecule has 2 aliphatic rings. The van der Waals surface area contributed by atoms with Crippen molar-refractivity contribution in [2.75, 3.05) is 19.3 Å². The number of allylic oxidation sites excluding steroid dienone is 2. The Morgan fingerprint density at radius 1 is 1.15 bits per heavy atom. The Bertz CT molecular complexity index is 797. The third-order valence-corrected chi connectivity index (χ3v) is 6.62. The van der Waals surface area contributed by atoms with Gasteiger partial charge in [0.2, 0.25) is 0 Å². The Kier molecular flexibility index (Phi) is 5.50. The average molecular weight is 370 g/mol. The molecule has 1 aromatic carbocycles. The van der Waals surface area contributed by atoms with Crippen molar-refractivity contribution in [3.05, 3.63) is 40.1 Å². The summed E-state index contributed by atoms with van der Waals surface area (Å²) in [6.07, 6.45) is 5.20. The van der Waals surface area contributed by atoms with Crippen molar-refractivity contribution in [3.8, 4) is 11.8 Å². The molecule has 3 nitrogen and oxygen atoms in total. The molecule has 0 unspecified atom stereocenters. The molecule has 0 bridgehead atoms. The predicted molar refractivity (Wildman–Crippen MR) is 109 cm³/mol. The summed E-state index contributed by atoms with van der Waals surface area (Å²) in [4.78, 5) is 13.1. The molecule has 138 valence electrons. The van der Waals surface area contributed by atoms with Crippen LogP contribution in [0.25, 0.3) is 5.57 Å². The van der Waals surface area contributed by atoms with Gasteiger partial charge in [0.1, 0.15) is 5.76 Å². The van der Waals surface area contributed by atoms with E-state index in [0.717, 1.165) is 48.2 Å². The molecule has 0 saturated carbocycles. The molecular formula is C22H27NO2S. The number of carbonyl (C=O) groups is 1. The second-order valence-corrected chi connectivity index (χ2v) is 8.45. The molecule has 1 N–H and O–H groups in total. The standard InChI is InChI=1S/C22H27NO2S/c1-5-6-17-11-15(2)20(16(3)12-17)21-18(24)13-22(14-19(21)25)7-9-23(26-4)10-8-22/h11-12,24H,7-10,13-14H2,1-4H3. The van der Waals surface area contributed by atoms with E-state index in [4.69, 9.17) is 0 Å². The lowest BCUT2D eigenvalue weighted by Crippen LogP contribution is -2.40. The van der Waals surface area contributed by atoms with Crippen molar-refractivity contribution in [2.45, 2.75) is 46.5 Å². The van der Waals surface area contributed by atoms with E-state index >= 15 is 0 Å². The largest absolute Gasteiger partial charge is 0.512 e. The zero-order valence-corrected chi connectivity index (χ0v) is 16.9. The van der Waals surface area contributed by atoms with E-state index < -0.39 is 0 Å². The number of Topliss-reactive ketones (excluding diaryl/α,β-unsaturated/α-hetero) is 1. The molecule has 1 spiro atoms. The van der Waals surface area contributed by atoms with Gasteiger partial charge < -0.3 is 5.11 Å². The Balaban J connectivity index is 1.95. The zero-order valence-electron chi connectivity index (χ0n) is 16.1. The number of nitrogens with zero attached hydrogens (tertiary/aromatic N) is 1. The lowest BCUT2D eigenvalue weighted by molar-refractivity contribution is -0.117. The van der Waals surface area contributed by atoms with Crippen LogP contribution in [-0.4, -0.2) is 34.5 Å². The number of hydrogen-bond donors (Lipinski definition) is 1. The van der Waals surface area contributed by atoms with Gasteiger partial charge in [0.15, 0.2) is 5.78 Å². The number of aliphatic hydroxyl groups is 1. The van der Waals surface area contributed by atoms with Gasteiger partial charge in [0.05, 0.1) is 5.57 Å². The van der Waals surface area contributed by atoms with Crippen molar-refractivity contribution in [3.63, 3.8) is 0 Å². The fraction of sp³-hybridized carbons (Fsp3) is 0.500. The Labute approximate surface area is 161 Å². The quantitative estimate of drug-likeness (QED) is 0.608. The van der Waals surface area contributed by atoms with E-state index in [2.05, 4.69) is 22.4 Å². The predicted octanol–water partition coefficient (Wildman–Crippen LogP) is 4.67. The van der Waals surface area contributed by atoms with Crippen LogP contribution < -0.4 is 0 Å². The second kappa shape index (κ2) is 7.50. The first-order chi connectivity index (χ1) is 12.4. The van der Waals surface area contributed by atoms with Crippen molar-refractivity contribution < 1.29 is 9.90 Å². The highest BCUT2D eigenvalue weighted by Crippen LogP contribution is 2.48. The first kappa shape index (κ1) is 19.1. The number of aliphatic hydroxyl groups excluding tert-OH is 1. The summed E-state index contributed by atoms with van der Waals surface area (Å²) in [5, 5.41) is 10.9. The summed E-state index contributed by atoms with van der Waals surface area (Å²) in [7, 11) is 0. The van der Waals surface area contributed by atoms with E-state index in [1.54, 1.807) is 11.9 Å².